The van der Waals surface area contributed by atoms with Crippen molar-refractivity contribution < 1.29 is 68.6 Å². The molecule has 4 aliphatic heterocycles. The molecule has 0 spiro atoms. The van der Waals surface area contributed by atoms with Gasteiger partial charge in [-0.3, -0.25) is 0 Å². The molecule has 55 heavy (non-hydrogen) atoms. The largest absolute Gasteiger partial charge is 0.458 e. The van der Waals surface area contributed by atoms with Gasteiger partial charge in [0.2, 0.25) is 0 Å². The molecular weight excluding hydrogens is 716 g/mol. The van der Waals surface area contributed by atoms with Crippen molar-refractivity contribution in [2.24, 2.45) is 34.5 Å². The number of hydrogen-bond acceptors (Lipinski definition) is 14. The Morgan fingerprint density at radius 2 is 1.29 bits per heavy atom. The van der Waals surface area contributed by atoms with E-state index in [1.165, 1.54) is 0 Å². The summed E-state index contributed by atoms with van der Waals surface area (Å²) < 4.78 is 42.1. The second-order valence-corrected chi connectivity index (χ2v) is 18.8. The second-order valence-electron chi connectivity index (χ2n) is 18.8. The van der Waals surface area contributed by atoms with Crippen molar-refractivity contribution in [2.75, 3.05) is 6.61 Å². The molecular formula is C41H64O14. The molecule has 0 aromatic carbocycles. The third kappa shape index (κ3) is 6.95. The van der Waals surface area contributed by atoms with Crippen LogP contribution >= 0.6 is 0 Å². The fourth-order valence-corrected chi connectivity index (χ4v) is 12.8. The van der Waals surface area contributed by atoms with E-state index in [1.54, 1.807) is 19.9 Å². The minimum absolute atomic E-state index is 0.0452. The van der Waals surface area contributed by atoms with Crippen LogP contribution in [0.2, 0.25) is 0 Å². The summed E-state index contributed by atoms with van der Waals surface area (Å²) in [5.41, 5.74) is -0.892. The fraction of sp³-hybridized carbons (Fsp3) is 0.927. The standard InChI is InChI=1S/C41H64O14/c1-19-36(47)28(42)15-34(50-19)54-38-21(3)52-35(17-30(38)44)55-37-20(2)51-33(16-29(37)43)53-24-8-10-39(4)23(13-24)6-7-26-27(39)14-31(45)40(5)25(9-11-41(26,40)48)22-12-32(46)49-18-22/h12,19-21,23-31,33-38,42-45,47-48H,6-11,13-18H2,1-5H3/t19-,20+,21+,23+,24+,25-,26-,27+,28-,29+,30+,31-,33-,34+,35-,36-,37-,38-,39-,40-,41-/m0/s1. The quantitative estimate of drug-likeness (QED) is 0.162. The molecule has 14 heteroatoms. The maximum Gasteiger partial charge on any atom is 0.331 e. The lowest BCUT2D eigenvalue weighted by Crippen LogP contribution is -2.67. The van der Waals surface area contributed by atoms with E-state index < -0.39 is 90.9 Å². The van der Waals surface area contributed by atoms with Gasteiger partial charge >= 0.3 is 5.97 Å². The summed E-state index contributed by atoms with van der Waals surface area (Å²) >= 11 is 0. The zero-order valence-corrected chi connectivity index (χ0v) is 32.9. The third-order valence-corrected chi connectivity index (χ3v) is 16.0. The third-order valence-electron chi connectivity index (χ3n) is 16.0. The number of carbonyl (C=O) groups excluding carboxylic acids is 1. The topological polar surface area (TPSA) is 203 Å². The van der Waals surface area contributed by atoms with E-state index in [-0.39, 0.29) is 61.1 Å². The van der Waals surface area contributed by atoms with Gasteiger partial charge in [0, 0.05) is 30.8 Å². The molecule has 6 N–H and O–H groups in total. The van der Waals surface area contributed by atoms with E-state index in [2.05, 4.69) is 6.92 Å². The number of ether oxygens (including phenoxy) is 7. The van der Waals surface area contributed by atoms with Crippen LogP contribution < -0.4 is 0 Å². The smallest absolute Gasteiger partial charge is 0.331 e. The Morgan fingerprint density at radius 1 is 0.691 bits per heavy atom. The highest BCUT2D eigenvalue weighted by molar-refractivity contribution is 5.85. The number of esters is 1. The minimum Gasteiger partial charge on any atom is -0.458 e. The van der Waals surface area contributed by atoms with Crippen molar-refractivity contribution in [3.05, 3.63) is 11.6 Å². The van der Waals surface area contributed by atoms with Crippen LogP contribution in [0.4, 0.5) is 0 Å². The molecule has 4 saturated carbocycles. The molecule has 4 heterocycles. The van der Waals surface area contributed by atoms with Crippen molar-refractivity contribution in [1.82, 2.24) is 0 Å². The summed E-state index contributed by atoms with van der Waals surface area (Å²) in [4.78, 5) is 11.9. The Bertz CT molecular complexity index is 1410. The molecule has 0 amide bonds. The molecule has 21 atom stereocenters. The van der Waals surface area contributed by atoms with Crippen LogP contribution in [0.3, 0.4) is 0 Å². The van der Waals surface area contributed by atoms with Gasteiger partial charge in [0.1, 0.15) is 24.9 Å². The second kappa shape index (κ2) is 15.1. The highest BCUT2D eigenvalue weighted by atomic mass is 16.7. The summed E-state index contributed by atoms with van der Waals surface area (Å²) in [6.45, 7) is 9.90. The maximum atomic E-state index is 12.6. The molecule has 0 unspecified atom stereocenters. The van der Waals surface area contributed by atoms with Gasteiger partial charge in [-0.1, -0.05) is 13.8 Å². The molecule has 0 radical (unpaired) electrons. The molecule has 7 fully saturated rings. The highest BCUT2D eigenvalue weighted by Gasteiger charge is 2.71. The maximum absolute atomic E-state index is 12.6. The molecule has 14 nitrogen and oxygen atoms in total. The summed E-state index contributed by atoms with van der Waals surface area (Å²) in [6.07, 6.45) is -1.51. The minimum atomic E-state index is -1.01. The molecule has 4 aliphatic carbocycles. The molecule has 0 aromatic rings. The summed E-state index contributed by atoms with van der Waals surface area (Å²) in [6, 6.07) is 0. The van der Waals surface area contributed by atoms with E-state index >= 15 is 0 Å². The lowest BCUT2D eigenvalue weighted by molar-refractivity contribution is -0.336. The molecule has 3 saturated heterocycles. The molecule has 8 aliphatic rings. The first-order valence-corrected chi connectivity index (χ1v) is 20.9. The normalized spacial score (nSPS) is 55.5. The van der Waals surface area contributed by atoms with Crippen LogP contribution in [-0.2, 0) is 38.0 Å². The summed E-state index contributed by atoms with van der Waals surface area (Å²) in [7, 11) is 0. The van der Waals surface area contributed by atoms with Crippen LogP contribution in [0.5, 0.6) is 0 Å². The Kier molecular flexibility index (Phi) is 11.1. The number of carbonyl (C=O) groups is 1. The van der Waals surface area contributed by atoms with Crippen LogP contribution in [0.1, 0.15) is 105 Å². The first-order chi connectivity index (χ1) is 26.0. The van der Waals surface area contributed by atoms with E-state index in [0.29, 0.717) is 18.8 Å². The lowest BCUT2D eigenvalue weighted by Gasteiger charge is -2.65. The van der Waals surface area contributed by atoms with E-state index in [9.17, 15) is 35.4 Å². The van der Waals surface area contributed by atoms with Gasteiger partial charge in [-0.25, -0.2) is 4.79 Å². The predicted octanol–water partition coefficient (Wildman–Crippen LogP) is 2.22. The van der Waals surface area contributed by atoms with Gasteiger partial charge in [-0.15, -0.1) is 0 Å². The molecule has 8 rings (SSSR count). The number of fused-ring (bicyclic) bond motifs is 5. The monoisotopic (exact) mass is 780 g/mol. The molecule has 0 aromatic heterocycles. The average Bonchev–Trinajstić information content (AvgIpc) is 3.67. The van der Waals surface area contributed by atoms with Gasteiger partial charge in [0.25, 0.3) is 0 Å². The van der Waals surface area contributed by atoms with Crippen molar-refractivity contribution in [2.45, 2.75) is 197 Å². The average molecular weight is 781 g/mol. The highest BCUT2D eigenvalue weighted by Crippen LogP contribution is 2.70. The van der Waals surface area contributed by atoms with E-state index in [1.807, 2.05) is 13.8 Å². The van der Waals surface area contributed by atoms with Crippen molar-refractivity contribution in [3.8, 4) is 0 Å². The first kappa shape index (κ1) is 40.5. The van der Waals surface area contributed by atoms with Crippen LogP contribution in [0.15, 0.2) is 11.6 Å². The van der Waals surface area contributed by atoms with Crippen LogP contribution in [0.25, 0.3) is 0 Å². The van der Waals surface area contributed by atoms with E-state index in [4.69, 9.17) is 33.2 Å². The predicted molar refractivity (Wildman–Crippen MR) is 193 cm³/mol. The number of aliphatic hydroxyl groups excluding tert-OH is 5. The number of cyclic esters (lactones) is 1. The van der Waals surface area contributed by atoms with Gasteiger partial charge in [0.15, 0.2) is 18.9 Å². The molecule has 0 bridgehead atoms. The molecule has 312 valence electrons. The SMILES string of the molecule is C[C@@H]1O[C@H](O[C@@H]2[C@H](O)C[C@H](O[C@@H]3[C@H](O)C[C@H](O[C@@H]4CC[C@@]5(C)[C@H](CC[C@H]6[C@H]5C[C@H](O)[C@]5(C)[C@H](C7=CC(=O)OC7)CC[C@]65O)C4)O[C@@H]3C)O[C@@H]2C)C[C@H](O)[C@H]1O. The van der Waals surface area contributed by atoms with E-state index in [0.717, 1.165) is 44.1 Å². The zero-order chi connectivity index (χ0) is 39.2. The Morgan fingerprint density at radius 3 is 1.87 bits per heavy atom. The fourth-order valence-electron chi connectivity index (χ4n) is 12.8. The number of hydrogen-bond donors (Lipinski definition) is 6. The number of aliphatic hydroxyl groups is 6. The Labute approximate surface area is 323 Å². The van der Waals surface area contributed by atoms with Gasteiger partial charge in [-0.2, -0.15) is 0 Å². The van der Waals surface area contributed by atoms with Crippen molar-refractivity contribution in [3.63, 3.8) is 0 Å². The van der Waals surface area contributed by atoms with Gasteiger partial charge in [-0.05, 0) is 107 Å². The van der Waals surface area contributed by atoms with Crippen molar-refractivity contribution >= 4 is 5.97 Å². The van der Waals surface area contributed by atoms with Gasteiger partial charge < -0.3 is 63.8 Å². The Hall–Kier alpha value is -1.27. The van der Waals surface area contributed by atoms with Gasteiger partial charge in [0.05, 0.1) is 54.4 Å². The number of rotatable bonds is 7. The summed E-state index contributed by atoms with van der Waals surface area (Å²) in [5.74, 6) is 0.204. The summed E-state index contributed by atoms with van der Waals surface area (Å²) in [5, 5.41) is 66.9. The lowest BCUT2D eigenvalue weighted by atomic mass is 9.42. The van der Waals surface area contributed by atoms with Crippen LogP contribution in [-0.4, -0.2) is 135 Å². The van der Waals surface area contributed by atoms with Crippen molar-refractivity contribution in [1.29, 1.82) is 0 Å². The zero-order valence-electron chi connectivity index (χ0n) is 32.9. The van der Waals surface area contributed by atoms with Crippen LogP contribution in [0, 0.1) is 34.5 Å². The first-order valence-electron chi connectivity index (χ1n) is 20.9. The Balaban J connectivity index is 0.837.